The third-order valence-corrected chi connectivity index (χ3v) is 5.53. The zero-order valence-corrected chi connectivity index (χ0v) is 13.9. The van der Waals surface area contributed by atoms with Crippen LogP contribution >= 0.6 is 0 Å². The predicted octanol–water partition coefficient (Wildman–Crippen LogP) is 2.06. The first-order valence-electron chi connectivity index (χ1n) is 8.88. The van der Waals surface area contributed by atoms with E-state index in [-0.39, 0.29) is 17.4 Å². The van der Waals surface area contributed by atoms with Crippen LogP contribution in [0.3, 0.4) is 0 Å². The van der Waals surface area contributed by atoms with Crippen LogP contribution in [-0.2, 0) is 11.2 Å². The third kappa shape index (κ3) is 2.73. The van der Waals surface area contributed by atoms with Gasteiger partial charge in [0.1, 0.15) is 0 Å². The van der Waals surface area contributed by atoms with Gasteiger partial charge in [0.15, 0.2) is 0 Å². The maximum absolute atomic E-state index is 12.5. The summed E-state index contributed by atoms with van der Waals surface area (Å²) >= 11 is 0. The lowest BCUT2D eigenvalue weighted by Gasteiger charge is -2.47. The van der Waals surface area contributed by atoms with Crippen molar-refractivity contribution in [2.24, 2.45) is 5.41 Å². The van der Waals surface area contributed by atoms with E-state index >= 15 is 0 Å². The molecule has 2 aromatic rings. The number of aromatic nitrogens is 2. The summed E-state index contributed by atoms with van der Waals surface area (Å²) in [5, 5.41) is 10.8. The first-order chi connectivity index (χ1) is 11.8. The number of hydrogen-bond donors (Lipinski definition) is 2. The van der Waals surface area contributed by atoms with E-state index < -0.39 is 0 Å². The molecule has 2 heterocycles. The van der Waals surface area contributed by atoms with Crippen molar-refractivity contribution in [3.63, 3.8) is 0 Å². The molecule has 5 heteroatoms. The number of nitrogens with zero attached hydrogens (tertiary/aromatic N) is 2. The van der Waals surface area contributed by atoms with Gasteiger partial charge in [0.05, 0.1) is 11.7 Å². The molecule has 1 saturated heterocycles. The van der Waals surface area contributed by atoms with Gasteiger partial charge in [0.2, 0.25) is 5.91 Å². The normalized spacial score (nSPS) is 21.6. The van der Waals surface area contributed by atoms with Gasteiger partial charge in [0, 0.05) is 36.8 Å². The Morgan fingerprint density at radius 2 is 2.04 bits per heavy atom. The zero-order chi connectivity index (χ0) is 16.4. The van der Waals surface area contributed by atoms with Crippen molar-refractivity contribution in [2.75, 3.05) is 13.1 Å². The van der Waals surface area contributed by atoms with Crippen molar-refractivity contribution >= 4 is 5.91 Å². The van der Waals surface area contributed by atoms with Crippen LogP contribution in [0.2, 0.25) is 0 Å². The predicted molar refractivity (Wildman–Crippen MR) is 93.0 cm³/mol. The Labute approximate surface area is 142 Å². The number of hydrogen-bond acceptors (Lipinski definition) is 3. The molecule has 24 heavy (non-hydrogen) atoms. The third-order valence-electron chi connectivity index (χ3n) is 5.53. The van der Waals surface area contributed by atoms with Crippen molar-refractivity contribution < 1.29 is 4.79 Å². The molecular weight excluding hydrogens is 300 g/mol. The van der Waals surface area contributed by atoms with Crippen LogP contribution in [0, 0.1) is 5.41 Å². The van der Waals surface area contributed by atoms with E-state index in [1.165, 1.54) is 25.7 Å². The highest BCUT2D eigenvalue weighted by molar-refractivity contribution is 5.84. The molecule has 126 valence electrons. The van der Waals surface area contributed by atoms with E-state index in [0.29, 0.717) is 6.54 Å². The minimum atomic E-state index is 0.0130. The zero-order valence-electron chi connectivity index (χ0n) is 13.9. The summed E-state index contributed by atoms with van der Waals surface area (Å²) in [4.78, 5) is 12.5. The van der Waals surface area contributed by atoms with Crippen LogP contribution in [0.1, 0.15) is 31.4 Å². The second-order valence-corrected chi connectivity index (χ2v) is 6.99. The number of benzene rings is 1. The molecule has 1 aromatic heterocycles. The van der Waals surface area contributed by atoms with Gasteiger partial charge in [-0.25, -0.2) is 4.68 Å². The topological polar surface area (TPSA) is 59.0 Å². The molecule has 1 spiro atoms. The lowest BCUT2D eigenvalue weighted by molar-refractivity contribution is -0.130. The quantitative estimate of drug-likeness (QED) is 0.885. The fraction of sp³-hybridized carbons (Fsp3) is 0.474. The number of carbonyl (C=O) groups is 1. The Morgan fingerprint density at radius 3 is 2.75 bits per heavy atom. The summed E-state index contributed by atoms with van der Waals surface area (Å²) in [6.07, 6.45) is 7.51. The average molecular weight is 324 g/mol. The molecule has 0 bridgehead atoms. The summed E-state index contributed by atoms with van der Waals surface area (Å²) in [6.45, 7) is 1.65. The Hall–Kier alpha value is -2.14. The molecule has 5 nitrogen and oxygen atoms in total. The van der Waals surface area contributed by atoms with Crippen LogP contribution < -0.4 is 10.6 Å². The second-order valence-electron chi connectivity index (χ2n) is 6.99. The summed E-state index contributed by atoms with van der Waals surface area (Å²) in [7, 11) is 0. The molecule has 1 saturated carbocycles. The Bertz CT molecular complexity index is 703. The standard InChI is InChI=1S/C19H24N4O/c24-18(17-19(14-21-17)10-4-5-11-19)20-12-8-16-9-13-22-23(16)15-6-2-1-3-7-15/h1-3,6-7,9,13,17,21H,4-5,8,10-12,14H2,(H,20,24). The highest BCUT2D eigenvalue weighted by Crippen LogP contribution is 2.45. The number of amides is 1. The van der Waals surface area contributed by atoms with Crippen LogP contribution in [0.15, 0.2) is 42.6 Å². The highest BCUT2D eigenvalue weighted by Gasteiger charge is 2.51. The van der Waals surface area contributed by atoms with Crippen molar-refractivity contribution in [1.29, 1.82) is 0 Å². The van der Waals surface area contributed by atoms with Crippen molar-refractivity contribution in [1.82, 2.24) is 20.4 Å². The molecule has 1 atom stereocenters. The molecule has 1 aliphatic carbocycles. The summed E-state index contributed by atoms with van der Waals surface area (Å²) in [5.41, 5.74) is 2.41. The maximum atomic E-state index is 12.5. The Morgan fingerprint density at radius 1 is 1.25 bits per heavy atom. The van der Waals surface area contributed by atoms with E-state index in [9.17, 15) is 4.79 Å². The largest absolute Gasteiger partial charge is 0.354 e. The van der Waals surface area contributed by atoms with Gasteiger partial charge in [-0.1, -0.05) is 31.0 Å². The van der Waals surface area contributed by atoms with E-state index in [2.05, 4.69) is 15.7 Å². The molecule has 1 unspecified atom stereocenters. The summed E-state index contributed by atoms with van der Waals surface area (Å²) in [6, 6.07) is 12.1. The van der Waals surface area contributed by atoms with E-state index in [1.807, 2.05) is 47.3 Å². The van der Waals surface area contributed by atoms with Crippen LogP contribution in [0.5, 0.6) is 0 Å². The number of para-hydroxylation sites is 1. The molecule has 0 radical (unpaired) electrons. The van der Waals surface area contributed by atoms with E-state index in [1.54, 1.807) is 0 Å². The fourth-order valence-corrected chi connectivity index (χ4v) is 4.15. The minimum absolute atomic E-state index is 0.0130. The molecule has 2 aliphatic rings. The van der Waals surface area contributed by atoms with Gasteiger partial charge >= 0.3 is 0 Å². The van der Waals surface area contributed by atoms with Crippen molar-refractivity contribution in [3.8, 4) is 5.69 Å². The number of nitrogens with one attached hydrogen (secondary N) is 2. The number of rotatable bonds is 5. The first kappa shape index (κ1) is 15.4. The fourth-order valence-electron chi connectivity index (χ4n) is 4.15. The summed E-state index contributed by atoms with van der Waals surface area (Å²) < 4.78 is 1.94. The molecule has 4 rings (SSSR count). The Kier molecular flexibility index (Phi) is 4.10. The van der Waals surface area contributed by atoms with Crippen molar-refractivity contribution in [3.05, 3.63) is 48.3 Å². The Balaban J connectivity index is 1.34. The van der Waals surface area contributed by atoms with Crippen molar-refractivity contribution in [2.45, 2.75) is 38.1 Å². The lowest BCUT2D eigenvalue weighted by atomic mass is 9.71. The minimum Gasteiger partial charge on any atom is -0.354 e. The highest BCUT2D eigenvalue weighted by atomic mass is 16.2. The molecular formula is C19H24N4O. The van der Waals surface area contributed by atoms with Gasteiger partial charge in [-0.3, -0.25) is 4.79 Å². The molecule has 2 N–H and O–H groups in total. The van der Waals surface area contributed by atoms with E-state index in [4.69, 9.17) is 0 Å². The molecule has 1 aromatic carbocycles. The first-order valence-corrected chi connectivity index (χ1v) is 8.88. The lowest BCUT2D eigenvalue weighted by Crippen LogP contribution is -2.67. The maximum Gasteiger partial charge on any atom is 0.237 e. The van der Waals surface area contributed by atoms with Gasteiger partial charge in [-0.05, 0) is 31.0 Å². The van der Waals surface area contributed by atoms with E-state index in [0.717, 1.165) is 24.3 Å². The van der Waals surface area contributed by atoms with Gasteiger partial charge < -0.3 is 10.6 Å². The molecule has 2 fully saturated rings. The smallest absolute Gasteiger partial charge is 0.237 e. The van der Waals surface area contributed by atoms with Crippen LogP contribution in [0.4, 0.5) is 0 Å². The van der Waals surface area contributed by atoms with Gasteiger partial charge in [-0.2, -0.15) is 5.10 Å². The van der Waals surface area contributed by atoms with Gasteiger partial charge in [-0.15, -0.1) is 0 Å². The van der Waals surface area contributed by atoms with Crippen LogP contribution in [-0.4, -0.2) is 34.8 Å². The second kappa shape index (κ2) is 6.40. The molecule has 1 aliphatic heterocycles. The van der Waals surface area contributed by atoms with Crippen LogP contribution in [0.25, 0.3) is 5.69 Å². The monoisotopic (exact) mass is 324 g/mol. The average Bonchev–Trinajstić information content (AvgIpc) is 3.25. The molecule has 1 amide bonds. The van der Waals surface area contributed by atoms with Gasteiger partial charge in [0.25, 0.3) is 0 Å². The SMILES string of the molecule is O=C(NCCc1ccnn1-c1ccccc1)C1NCC12CCCC2. The summed E-state index contributed by atoms with van der Waals surface area (Å²) in [5.74, 6) is 0.161. The number of carbonyl (C=O) groups excluding carboxylic acids is 1.